The average Bonchev–Trinajstić information content (AvgIpc) is 3.27. The Morgan fingerprint density at radius 2 is 2.10 bits per heavy atom. The first-order chi connectivity index (χ1) is 9.83. The molecule has 0 heterocycles. The highest BCUT2D eigenvalue weighted by atomic mass is 16.2. The highest BCUT2D eigenvalue weighted by Crippen LogP contribution is 2.47. The average molecular weight is 272 g/mol. The Labute approximate surface area is 121 Å². The Balaban J connectivity index is 1.63. The van der Waals surface area contributed by atoms with Crippen molar-refractivity contribution in [2.75, 3.05) is 0 Å². The van der Waals surface area contributed by atoms with Crippen molar-refractivity contribution >= 4 is 12.1 Å². The van der Waals surface area contributed by atoms with Crippen molar-refractivity contribution < 1.29 is 4.79 Å². The van der Waals surface area contributed by atoms with Gasteiger partial charge in [0.05, 0.1) is 0 Å². The molecule has 0 unspecified atom stereocenters. The van der Waals surface area contributed by atoms with Crippen LogP contribution in [0.1, 0.15) is 56.9 Å². The third-order valence-electron chi connectivity index (χ3n) is 3.81. The number of carbonyl (C=O) groups is 1. The van der Waals surface area contributed by atoms with Gasteiger partial charge in [-0.2, -0.15) is 5.10 Å². The van der Waals surface area contributed by atoms with Gasteiger partial charge in [-0.3, -0.25) is 4.79 Å². The van der Waals surface area contributed by atoms with E-state index in [1.165, 1.54) is 24.8 Å². The zero-order valence-corrected chi connectivity index (χ0v) is 12.2. The standard InChI is InChI=1S/C17H24N2O/c1-2-3-4-5-9-12-18-19-17(20)16-13-15(16)14-10-7-6-8-11-14/h6-8,10-12,15-16H,2-5,9,13H2,1H3,(H,19,20)/b18-12-/t15-,16-/m1/s1. The van der Waals surface area contributed by atoms with Gasteiger partial charge >= 0.3 is 0 Å². The molecule has 1 fully saturated rings. The molecule has 1 N–H and O–H groups in total. The fourth-order valence-electron chi connectivity index (χ4n) is 2.47. The van der Waals surface area contributed by atoms with Crippen LogP contribution in [0.2, 0.25) is 0 Å². The van der Waals surface area contributed by atoms with Gasteiger partial charge in [-0.05, 0) is 30.7 Å². The number of nitrogens with zero attached hydrogens (tertiary/aromatic N) is 1. The summed E-state index contributed by atoms with van der Waals surface area (Å²) >= 11 is 0. The number of hydrogen-bond donors (Lipinski definition) is 1. The Kier molecular flexibility index (Phi) is 5.78. The Bertz CT molecular complexity index is 442. The fourth-order valence-corrected chi connectivity index (χ4v) is 2.47. The van der Waals surface area contributed by atoms with Gasteiger partial charge in [0.2, 0.25) is 5.91 Å². The van der Waals surface area contributed by atoms with Crippen molar-refractivity contribution in [3.8, 4) is 0 Å². The lowest BCUT2D eigenvalue weighted by Crippen LogP contribution is -2.19. The molecule has 0 aromatic heterocycles. The lowest BCUT2D eigenvalue weighted by atomic mass is 10.1. The molecule has 2 atom stereocenters. The summed E-state index contributed by atoms with van der Waals surface area (Å²) in [5.74, 6) is 0.550. The second-order valence-electron chi connectivity index (χ2n) is 5.50. The van der Waals surface area contributed by atoms with Gasteiger partial charge in [-0.1, -0.05) is 56.5 Å². The van der Waals surface area contributed by atoms with Crippen LogP contribution < -0.4 is 5.43 Å². The van der Waals surface area contributed by atoms with E-state index in [0.717, 1.165) is 19.3 Å². The van der Waals surface area contributed by atoms with Crippen LogP contribution in [0.15, 0.2) is 35.4 Å². The van der Waals surface area contributed by atoms with E-state index in [9.17, 15) is 4.79 Å². The van der Waals surface area contributed by atoms with E-state index in [-0.39, 0.29) is 11.8 Å². The summed E-state index contributed by atoms with van der Waals surface area (Å²) < 4.78 is 0. The zero-order valence-electron chi connectivity index (χ0n) is 12.2. The van der Waals surface area contributed by atoms with Crippen LogP contribution in [0.3, 0.4) is 0 Å². The maximum atomic E-state index is 11.9. The Morgan fingerprint density at radius 1 is 1.30 bits per heavy atom. The number of hydrazone groups is 1. The van der Waals surface area contributed by atoms with E-state index in [4.69, 9.17) is 0 Å². The molecule has 0 bridgehead atoms. The van der Waals surface area contributed by atoms with Crippen molar-refractivity contribution in [3.05, 3.63) is 35.9 Å². The van der Waals surface area contributed by atoms with Crippen LogP contribution in [0, 0.1) is 5.92 Å². The van der Waals surface area contributed by atoms with Crippen molar-refractivity contribution in [1.82, 2.24) is 5.43 Å². The first kappa shape index (κ1) is 14.8. The Morgan fingerprint density at radius 3 is 2.85 bits per heavy atom. The van der Waals surface area contributed by atoms with Crippen molar-refractivity contribution in [3.63, 3.8) is 0 Å². The molecule has 1 aliphatic rings. The third-order valence-corrected chi connectivity index (χ3v) is 3.81. The van der Waals surface area contributed by atoms with Crippen LogP contribution in [-0.4, -0.2) is 12.1 Å². The smallest absolute Gasteiger partial charge is 0.243 e. The maximum Gasteiger partial charge on any atom is 0.243 e. The molecule has 108 valence electrons. The molecular weight excluding hydrogens is 248 g/mol. The summed E-state index contributed by atoms with van der Waals surface area (Å²) in [6.07, 6.45) is 8.65. The van der Waals surface area contributed by atoms with Crippen molar-refractivity contribution in [2.24, 2.45) is 11.0 Å². The van der Waals surface area contributed by atoms with E-state index >= 15 is 0 Å². The number of carbonyl (C=O) groups excluding carboxylic acids is 1. The molecule has 1 aromatic rings. The number of amides is 1. The predicted molar refractivity (Wildman–Crippen MR) is 82.7 cm³/mol. The van der Waals surface area contributed by atoms with Gasteiger partial charge in [-0.15, -0.1) is 0 Å². The molecule has 3 heteroatoms. The van der Waals surface area contributed by atoms with Gasteiger partial charge < -0.3 is 0 Å². The molecule has 0 aliphatic heterocycles. The first-order valence-corrected chi connectivity index (χ1v) is 7.69. The second kappa shape index (κ2) is 7.83. The minimum Gasteiger partial charge on any atom is -0.273 e. The summed E-state index contributed by atoms with van der Waals surface area (Å²) in [5, 5.41) is 4.03. The van der Waals surface area contributed by atoms with E-state index in [1.54, 1.807) is 0 Å². The molecule has 0 saturated heterocycles. The molecule has 3 nitrogen and oxygen atoms in total. The first-order valence-electron chi connectivity index (χ1n) is 7.69. The van der Waals surface area contributed by atoms with Crippen LogP contribution in [0.5, 0.6) is 0 Å². The normalized spacial score (nSPS) is 21.1. The highest BCUT2D eigenvalue weighted by Gasteiger charge is 2.43. The van der Waals surface area contributed by atoms with Gasteiger partial charge in [0.15, 0.2) is 0 Å². The number of rotatable bonds is 8. The number of nitrogens with one attached hydrogen (secondary N) is 1. The van der Waals surface area contributed by atoms with E-state index < -0.39 is 0 Å². The van der Waals surface area contributed by atoms with Crippen molar-refractivity contribution in [2.45, 2.75) is 51.4 Å². The van der Waals surface area contributed by atoms with Crippen LogP contribution in [0.25, 0.3) is 0 Å². The summed E-state index contributed by atoms with van der Waals surface area (Å²) in [6, 6.07) is 10.2. The lowest BCUT2D eigenvalue weighted by molar-refractivity contribution is -0.122. The second-order valence-corrected chi connectivity index (χ2v) is 5.50. The fraction of sp³-hybridized carbons (Fsp3) is 0.529. The number of unbranched alkanes of at least 4 members (excludes halogenated alkanes) is 4. The van der Waals surface area contributed by atoms with E-state index in [0.29, 0.717) is 5.92 Å². The lowest BCUT2D eigenvalue weighted by Gasteiger charge is -2.00. The number of hydrogen-bond acceptors (Lipinski definition) is 2. The van der Waals surface area contributed by atoms with E-state index in [2.05, 4.69) is 29.6 Å². The minimum absolute atomic E-state index is 0.0589. The van der Waals surface area contributed by atoms with Crippen LogP contribution in [-0.2, 0) is 4.79 Å². The van der Waals surface area contributed by atoms with Crippen LogP contribution >= 0.6 is 0 Å². The topological polar surface area (TPSA) is 41.5 Å². The largest absolute Gasteiger partial charge is 0.273 e. The summed E-state index contributed by atoms with van der Waals surface area (Å²) in [7, 11) is 0. The summed E-state index contributed by atoms with van der Waals surface area (Å²) in [4.78, 5) is 11.9. The Hall–Kier alpha value is -1.64. The monoisotopic (exact) mass is 272 g/mol. The summed E-state index contributed by atoms with van der Waals surface area (Å²) in [5.41, 5.74) is 3.93. The molecule has 2 rings (SSSR count). The highest BCUT2D eigenvalue weighted by molar-refractivity contribution is 5.83. The SMILES string of the molecule is CCCCCC/C=N\NC(=O)[C@@H]1C[C@@H]1c1ccccc1. The zero-order chi connectivity index (χ0) is 14.2. The molecule has 1 amide bonds. The predicted octanol–water partition coefficient (Wildman–Crippen LogP) is 3.86. The maximum absolute atomic E-state index is 11.9. The molecule has 0 spiro atoms. The van der Waals surface area contributed by atoms with E-state index in [1.807, 2.05) is 24.4 Å². The summed E-state index contributed by atoms with van der Waals surface area (Å²) in [6.45, 7) is 2.20. The molecule has 1 saturated carbocycles. The molecule has 20 heavy (non-hydrogen) atoms. The van der Waals surface area contributed by atoms with Gasteiger partial charge in [0, 0.05) is 12.1 Å². The molecule has 0 radical (unpaired) electrons. The number of benzene rings is 1. The van der Waals surface area contributed by atoms with Gasteiger partial charge in [0.1, 0.15) is 0 Å². The molecule has 1 aromatic carbocycles. The van der Waals surface area contributed by atoms with Gasteiger partial charge in [-0.25, -0.2) is 5.43 Å². The molecule has 1 aliphatic carbocycles. The van der Waals surface area contributed by atoms with Crippen molar-refractivity contribution in [1.29, 1.82) is 0 Å². The third kappa shape index (κ3) is 4.48. The quantitative estimate of drug-likeness (QED) is 0.436. The minimum atomic E-state index is 0.0589. The van der Waals surface area contributed by atoms with Gasteiger partial charge in [0.25, 0.3) is 0 Å². The van der Waals surface area contributed by atoms with Crippen LogP contribution in [0.4, 0.5) is 0 Å². The molecular formula is C17H24N2O.